The third kappa shape index (κ3) is 2.93. The van der Waals surface area contributed by atoms with Crippen LogP contribution in [-0.2, 0) is 6.54 Å². The standard InChI is InChI=1S/C14H21NO3/c1-10-3-5-12(6-4-10)15(2)9-11-7-8-18-13(11)14(16)17/h7-8,10,12H,3-6,9H2,1-2H3,(H,16,17). The minimum Gasteiger partial charge on any atom is -0.475 e. The first-order valence-corrected chi connectivity index (χ1v) is 6.58. The number of nitrogens with zero attached hydrogens (tertiary/aromatic N) is 1. The molecule has 1 fully saturated rings. The van der Waals surface area contributed by atoms with E-state index < -0.39 is 5.97 Å². The van der Waals surface area contributed by atoms with E-state index >= 15 is 0 Å². The van der Waals surface area contributed by atoms with Gasteiger partial charge in [0, 0.05) is 18.2 Å². The van der Waals surface area contributed by atoms with Crippen LogP contribution in [0.2, 0.25) is 0 Å². The van der Waals surface area contributed by atoms with Crippen LogP contribution in [0.25, 0.3) is 0 Å². The molecule has 100 valence electrons. The lowest BCUT2D eigenvalue weighted by atomic mass is 9.86. The Kier molecular flexibility index (Phi) is 4.07. The van der Waals surface area contributed by atoms with Crippen LogP contribution in [0.4, 0.5) is 0 Å². The maximum absolute atomic E-state index is 11.0. The molecule has 0 saturated heterocycles. The minimum absolute atomic E-state index is 0.0750. The van der Waals surface area contributed by atoms with E-state index in [9.17, 15) is 4.79 Å². The molecule has 0 unspecified atom stereocenters. The average Bonchev–Trinajstić information content (AvgIpc) is 2.78. The number of hydrogen-bond acceptors (Lipinski definition) is 3. The maximum atomic E-state index is 11.0. The summed E-state index contributed by atoms with van der Waals surface area (Å²) < 4.78 is 5.01. The third-order valence-corrected chi connectivity index (χ3v) is 3.97. The van der Waals surface area contributed by atoms with Gasteiger partial charge < -0.3 is 9.52 Å². The fourth-order valence-corrected chi connectivity index (χ4v) is 2.73. The fourth-order valence-electron chi connectivity index (χ4n) is 2.73. The Hall–Kier alpha value is -1.29. The molecule has 0 radical (unpaired) electrons. The molecule has 0 aromatic carbocycles. The Morgan fingerprint density at radius 1 is 1.44 bits per heavy atom. The van der Waals surface area contributed by atoms with Gasteiger partial charge in [0.25, 0.3) is 0 Å². The predicted molar refractivity (Wildman–Crippen MR) is 68.6 cm³/mol. The molecule has 18 heavy (non-hydrogen) atoms. The van der Waals surface area contributed by atoms with E-state index in [1.165, 1.54) is 31.9 Å². The second-order valence-corrected chi connectivity index (χ2v) is 5.41. The monoisotopic (exact) mass is 251 g/mol. The summed E-state index contributed by atoms with van der Waals surface area (Å²) in [7, 11) is 2.07. The molecule has 0 amide bonds. The molecule has 1 aliphatic carbocycles. The van der Waals surface area contributed by atoms with Gasteiger partial charge in [-0.25, -0.2) is 4.79 Å². The second-order valence-electron chi connectivity index (χ2n) is 5.41. The Bertz CT molecular complexity index is 405. The predicted octanol–water partition coefficient (Wildman–Crippen LogP) is 2.99. The van der Waals surface area contributed by atoms with Crippen LogP contribution in [0.1, 0.15) is 48.7 Å². The van der Waals surface area contributed by atoms with E-state index in [0.717, 1.165) is 11.5 Å². The van der Waals surface area contributed by atoms with Crippen LogP contribution >= 0.6 is 0 Å². The van der Waals surface area contributed by atoms with E-state index in [0.29, 0.717) is 12.6 Å². The quantitative estimate of drug-likeness (QED) is 0.893. The molecule has 1 N–H and O–H groups in total. The van der Waals surface area contributed by atoms with Crippen LogP contribution in [0, 0.1) is 5.92 Å². The number of carboxylic acid groups (broad SMARTS) is 1. The van der Waals surface area contributed by atoms with Crippen molar-refractivity contribution >= 4 is 5.97 Å². The average molecular weight is 251 g/mol. The Morgan fingerprint density at radius 3 is 2.72 bits per heavy atom. The van der Waals surface area contributed by atoms with E-state index in [4.69, 9.17) is 9.52 Å². The highest BCUT2D eigenvalue weighted by Crippen LogP contribution is 2.27. The van der Waals surface area contributed by atoms with Crippen LogP contribution < -0.4 is 0 Å². The zero-order valence-corrected chi connectivity index (χ0v) is 11.1. The molecule has 4 nitrogen and oxygen atoms in total. The van der Waals surface area contributed by atoms with Crippen LogP contribution in [0.5, 0.6) is 0 Å². The fraction of sp³-hybridized carbons (Fsp3) is 0.643. The topological polar surface area (TPSA) is 53.7 Å². The van der Waals surface area contributed by atoms with Gasteiger partial charge >= 0.3 is 5.97 Å². The molecule has 0 bridgehead atoms. The summed E-state index contributed by atoms with van der Waals surface area (Å²) in [5.41, 5.74) is 0.767. The summed E-state index contributed by atoms with van der Waals surface area (Å²) in [6.07, 6.45) is 6.41. The number of carbonyl (C=O) groups is 1. The van der Waals surface area contributed by atoms with Gasteiger partial charge in [0.2, 0.25) is 5.76 Å². The van der Waals surface area contributed by atoms with Gasteiger partial charge in [-0.15, -0.1) is 0 Å². The summed E-state index contributed by atoms with van der Waals surface area (Å²) >= 11 is 0. The van der Waals surface area contributed by atoms with Gasteiger partial charge in [-0.2, -0.15) is 0 Å². The summed E-state index contributed by atoms with van der Waals surface area (Å²) in [5, 5.41) is 9.00. The van der Waals surface area contributed by atoms with Crippen LogP contribution in [-0.4, -0.2) is 29.1 Å². The highest BCUT2D eigenvalue weighted by atomic mass is 16.4. The summed E-state index contributed by atoms with van der Waals surface area (Å²) in [5.74, 6) is -0.0788. The van der Waals surface area contributed by atoms with Gasteiger partial charge in [-0.1, -0.05) is 6.92 Å². The molecular weight excluding hydrogens is 230 g/mol. The molecule has 0 aliphatic heterocycles. The maximum Gasteiger partial charge on any atom is 0.372 e. The summed E-state index contributed by atoms with van der Waals surface area (Å²) in [6, 6.07) is 2.32. The van der Waals surface area contributed by atoms with E-state index in [1.54, 1.807) is 6.07 Å². The smallest absolute Gasteiger partial charge is 0.372 e. The summed E-state index contributed by atoms with van der Waals surface area (Å²) in [6.45, 7) is 2.95. The van der Waals surface area contributed by atoms with Crippen molar-refractivity contribution in [2.75, 3.05) is 7.05 Å². The minimum atomic E-state index is -0.985. The number of furan rings is 1. The first-order valence-electron chi connectivity index (χ1n) is 6.58. The molecule has 1 aliphatic rings. The highest BCUT2D eigenvalue weighted by Gasteiger charge is 2.23. The number of aromatic carboxylic acids is 1. The van der Waals surface area contributed by atoms with Crippen molar-refractivity contribution in [3.63, 3.8) is 0 Å². The number of hydrogen-bond donors (Lipinski definition) is 1. The van der Waals surface area contributed by atoms with Gasteiger partial charge in [-0.05, 0) is 44.7 Å². The second kappa shape index (κ2) is 5.57. The summed E-state index contributed by atoms with van der Waals surface area (Å²) in [4.78, 5) is 13.2. The number of rotatable bonds is 4. The van der Waals surface area contributed by atoms with E-state index in [-0.39, 0.29) is 5.76 Å². The molecule has 1 saturated carbocycles. The first-order chi connectivity index (χ1) is 8.58. The van der Waals surface area contributed by atoms with E-state index in [1.807, 2.05) is 0 Å². The van der Waals surface area contributed by atoms with Crippen molar-refractivity contribution in [2.24, 2.45) is 5.92 Å². The van der Waals surface area contributed by atoms with E-state index in [2.05, 4.69) is 18.9 Å². The van der Waals surface area contributed by atoms with Crippen molar-refractivity contribution in [1.82, 2.24) is 4.90 Å². The molecule has 1 aromatic rings. The lowest BCUT2D eigenvalue weighted by molar-refractivity contribution is 0.0658. The molecule has 4 heteroatoms. The molecule has 0 spiro atoms. The SMILES string of the molecule is CC1CCC(N(C)Cc2ccoc2C(=O)O)CC1. The molecule has 1 heterocycles. The highest BCUT2D eigenvalue weighted by molar-refractivity contribution is 5.86. The van der Waals surface area contributed by atoms with Gasteiger partial charge in [0.15, 0.2) is 0 Å². The van der Waals surface area contributed by atoms with Crippen molar-refractivity contribution in [2.45, 2.75) is 45.2 Å². The van der Waals surface area contributed by atoms with Crippen LogP contribution in [0.15, 0.2) is 16.7 Å². The molecule has 2 rings (SSSR count). The third-order valence-electron chi connectivity index (χ3n) is 3.97. The molecular formula is C14H21NO3. The largest absolute Gasteiger partial charge is 0.475 e. The van der Waals surface area contributed by atoms with Crippen molar-refractivity contribution < 1.29 is 14.3 Å². The normalized spacial score (nSPS) is 24.4. The Labute approximate surface area is 108 Å². The zero-order chi connectivity index (χ0) is 13.1. The van der Waals surface area contributed by atoms with Gasteiger partial charge in [-0.3, -0.25) is 4.90 Å². The van der Waals surface area contributed by atoms with Crippen LogP contribution in [0.3, 0.4) is 0 Å². The molecule has 1 aromatic heterocycles. The zero-order valence-electron chi connectivity index (χ0n) is 11.1. The first kappa shape index (κ1) is 13.1. The molecule has 0 atom stereocenters. The lowest BCUT2D eigenvalue weighted by Gasteiger charge is -2.33. The van der Waals surface area contributed by atoms with Crippen molar-refractivity contribution in [3.8, 4) is 0 Å². The van der Waals surface area contributed by atoms with Gasteiger partial charge in [0.05, 0.1) is 6.26 Å². The number of carboxylic acids is 1. The lowest BCUT2D eigenvalue weighted by Crippen LogP contribution is -2.34. The van der Waals surface area contributed by atoms with Gasteiger partial charge in [0.1, 0.15) is 0 Å². The Balaban J connectivity index is 1.96. The Morgan fingerprint density at radius 2 is 2.11 bits per heavy atom. The van der Waals surface area contributed by atoms with Crippen molar-refractivity contribution in [3.05, 3.63) is 23.7 Å². The van der Waals surface area contributed by atoms with Crippen molar-refractivity contribution in [1.29, 1.82) is 0 Å².